The van der Waals surface area contributed by atoms with Crippen LogP contribution in [0, 0.1) is 17.2 Å². The van der Waals surface area contributed by atoms with Crippen molar-refractivity contribution in [3.05, 3.63) is 46.7 Å². The number of rotatable bonds is 9. The molecule has 2 amide bonds. The Balaban J connectivity index is 1.69. The number of aryl methyl sites for hydroxylation is 1. The van der Waals surface area contributed by atoms with Crippen molar-refractivity contribution in [2.45, 2.75) is 77.8 Å². The number of nitrogens with one attached hydrogen (secondary N) is 2. The third kappa shape index (κ3) is 6.34. The molecule has 8 heteroatoms. The molecule has 35 heavy (non-hydrogen) atoms. The van der Waals surface area contributed by atoms with Crippen LogP contribution >= 0.6 is 11.8 Å². The van der Waals surface area contributed by atoms with Crippen molar-refractivity contribution in [3.8, 4) is 0 Å². The molecule has 1 aromatic rings. The Kier molecular flexibility index (Phi) is 9.16. The molecule has 2 heterocycles. The molecule has 3 unspecified atom stereocenters. The number of nitrogens with zero attached hydrogens (tertiary/aromatic N) is 2. The van der Waals surface area contributed by atoms with Crippen LogP contribution in [0.4, 0.5) is 0 Å². The van der Waals surface area contributed by atoms with Crippen molar-refractivity contribution in [1.29, 1.82) is 5.41 Å². The highest BCUT2D eigenvalue weighted by molar-refractivity contribution is 8.12. The van der Waals surface area contributed by atoms with E-state index in [0.29, 0.717) is 24.8 Å². The summed E-state index contributed by atoms with van der Waals surface area (Å²) in [6.45, 7) is 10.4. The van der Waals surface area contributed by atoms with Gasteiger partial charge in [-0.05, 0) is 61.8 Å². The monoisotopic (exact) mass is 498 g/mol. The average Bonchev–Trinajstić information content (AvgIpc) is 3.46. The van der Waals surface area contributed by atoms with Crippen molar-refractivity contribution >= 4 is 34.8 Å². The number of thioether (sulfide) groups is 1. The Hall–Kier alpha value is -2.61. The van der Waals surface area contributed by atoms with Crippen molar-refractivity contribution in [2.75, 3.05) is 6.54 Å². The van der Waals surface area contributed by atoms with Crippen molar-refractivity contribution in [1.82, 2.24) is 10.2 Å². The number of likely N-dealkylation sites (tertiary alicyclic amines) is 1. The van der Waals surface area contributed by atoms with E-state index in [0.717, 1.165) is 18.4 Å². The second-order valence-corrected chi connectivity index (χ2v) is 10.8. The maximum Gasteiger partial charge on any atom is 0.243 e. The molecular weight excluding hydrogens is 460 g/mol. The van der Waals surface area contributed by atoms with Crippen LogP contribution in [0.15, 0.2) is 35.0 Å². The number of carbonyl (C=O) groups is 2. The Labute approximate surface area is 213 Å². The Morgan fingerprint density at radius 1 is 1.34 bits per heavy atom. The predicted octanol–water partition coefficient (Wildman–Crippen LogP) is 4.81. The molecule has 7 nitrogen and oxygen atoms in total. The van der Waals surface area contributed by atoms with Crippen LogP contribution in [-0.2, 0) is 22.6 Å². The van der Waals surface area contributed by atoms with Gasteiger partial charge >= 0.3 is 0 Å². The minimum Gasteiger partial charge on any atom is -0.511 e. The molecule has 3 N–H and O–H groups in total. The molecular formula is C27H38N4O3S. The zero-order valence-electron chi connectivity index (χ0n) is 21.4. The summed E-state index contributed by atoms with van der Waals surface area (Å²) in [5.74, 6) is -1.44. The lowest BCUT2D eigenvalue weighted by Gasteiger charge is -2.30. The second-order valence-electron chi connectivity index (χ2n) is 9.81. The van der Waals surface area contributed by atoms with Gasteiger partial charge in [-0.1, -0.05) is 39.0 Å². The zero-order chi connectivity index (χ0) is 25.7. The van der Waals surface area contributed by atoms with Gasteiger partial charge in [0.2, 0.25) is 11.8 Å². The number of aliphatic imine (C=N–C) groups is 1. The zero-order valence-corrected chi connectivity index (χ0v) is 22.2. The lowest BCUT2D eigenvalue weighted by Crippen LogP contribution is -2.48. The number of hydrogen-bond donors (Lipinski definition) is 3. The van der Waals surface area contributed by atoms with E-state index in [4.69, 9.17) is 5.41 Å². The first-order chi connectivity index (χ1) is 16.6. The van der Waals surface area contributed by atoms with Gasteiger partial charge in [0.05, 0.1) is 22.8 Å². The third-order valence-corrected chi connectivity index (χ3v) is 7.99. The number of benzene rings is 1. The molecule has 0 saturated carbocycles. The fraction of sp³-hybridized carbons (Fsp3) is 0.556. The SMILES string of the molecule is CCc1cc(C2SC=NC2C)ccc1CNC(=O)[C@@H]1CCCN1C(=O)C(/C(O)=C/C(C)=N)C(C)C. The predicted molar refractivity (Wildman–Crippen MR) is 143 cm³/mol. The molecule has 190 valence electrons. The van der Waals surface area contributed by atoms with Gasteiger partial charge in [-0.15, -0.1) is 11.8 Å². The van der Waals surface area contributed by atoms with Crippen LogP contribution in [0.25, 0.3) is 0 Å². The van der Waals surface area contributed by atoms with Crippen molar-refractivity contribution in [3.63, 3.8) is 0 Å². The van der Waals surface area contributed by atoms with Crippen LogP contribution in [-0.4, -0.2) is 51.7 Å². The number of aliphatic hydroxyl groups is 1. The average molecular weight is 499 g/mol. The van der Waals surface area contributed by atoms with Gasteiger partial charge in [-0.3, -0.25) is 14.6 Å². The highest BCUT2D eigenvalue weighted by atomic mass is 32.2. The van der Waals surface area contributed by atoms with Gasteiger partial charge in [-0.2, -0.15) is 0 Å². The molecule has 0 spiro atoms. The number of aliphatic hydroxyl groups excluding tert-OH is 1. The minimum absolute atomic E-state index is 0.114. The van der Waals surface area contributed by atoms with E-state index in [1.54, 1.807) is 23.6 Å². The Morgan fingerprint density at radius 3 is 2.69 bits per heavy atom. The van der Waals surface area contributed by atoms with Gasteiger partial charge < -0.3 is 20.7 Å². The Morgan fingerprint density at radius 2 is 2.09 bits per heavy atom. The quantitative estimate of drug-likeness (QED) is 0.335. The lowest BCUT2D eigenvalue weighted by atomic mass is 9.91. The Bertz CT molecular complexity index is 1020. The molecule has 3 rings (SSSR count). The molecule has 0 radical (unpaired) electrons. The molecule has 2 aliphatic rings. The van der Waals surface area contributed by atoms with E-state index >= 15 is 0 Å². The summed E-state index contributed by atoms with van der Waals surface area (Å²) in [6.07, 6.45) is 3.54. The first-order valence-electron chi connectivity index (χ1n) is 12.5. The number of amides is 2. The first kappa shape index (κ1) is 27.0. The van der Waals surface area contributed by atoms with E-state index in [1.165, 1.54) is 17.2 Å². The van der Waals surface area contributed by atoms with Gasteiger partial charge in [-0.25, -0.2) is 0 Å². The highest BCUT2D eigenvalue weighted by Crippen LogP contribution is 2.37. The van der Waals surface area contributed by atoms with Gasteiger partial charge in [0.15, 0.2) is 0 Å². The third-order valence-electron chi connectivity index (χ3n) is 6.79. The van der Waals surface area contributed by atoms with E-state index in [2.05, 4.69) is 42.4 Å². The number of hydrogen-bond acceptors (Lipinski definition) is 6. The summed E-state index contributed by atoms with van der Waals surface area (Å²) < 4.78 is 0. The summed E-state index contributed by atoms with van der Waals surface area (Å²) >= 11 is 1.74. The summed E-state index contributed by atoms with van der Waals surface area (Å²) in [5, 5.41) is 21.5. The van der Waals surface area contributed by atoms with Gasteiger partial charge in [0.25, 0.3) is 0 Å². The van der Waals surface area contributed by atoms with Gasteiger partial charge in [0.1, 0.15) is 11.8 Å². The van der Waals surface area contributed by atoms with Crippen LogP contribution in [0.1, 0.15) is 69.4 Å². The molecule has 0 aliphatic carbocycles. The van der Waals surface area contributed by atoms with Crippen molar-refractivity contribution < 1.29 is 14.7 Å². The molecule has 1 saturated heterocycles. The van der Waals surface area contributed by atoms with Crippen LogP contribution in [0.2, 0.25) is 0 Å². The van der Waals surface area contributed by atoms with Crippen LogP contribution in [0.3, 0.4) is 0 Å². The highest BCUT2D eigenvalue weighted by Gasteiger charge is 2.39. The fourth-order valence-electron chi connectivity index (χ4n) is 4.92. The number of allylic oxidation sites excluding steroid dienone is 1. The van der Waals surface area contributed by atoms with Crippen molar-refractivity contribution in [2.24, 2.45) is 16.8 Å². The van der Waals surface area contributed by atoms with Gasteiger partial charge in [0, 0.05) is 18.8 Å². The molecule has 2 aliphatic heterocycles. The molecule has 4 atom stereocenters. The van der Waals surface area contributed by atoms with E-state index in [-0.39, 0.29) is 35.2 Å². The summed E-state index contributed by atoms with van der Waals surface area (Å²) in [5.41, 5.74) is 5.66. The van der Waals surface area contributed by atoms with E-state index in [9.17, 15) is 14.7 Å². The summed E-state index contributed by atoms with van der Waals surface area (Å²) in [6, 6.07) is 6.16. The second kappa shape index (κ2) is 11.9. The van der Waals surface area contributed by atoms with Crippen LogP contribution in [0.5, 0.6) is 0 Å². The smallest absolute Gasteiger partial charge is 0.243 e. The molecule has 0 bridgehead atoms. The maximum absolute atomic E-state index is 13.4. The minimum atomic E-state index is -0.761. The summed E-state index contributed by atoms with van der Waals surface area (Å²) in [4.78, 5) is 32.6. The van der Waals surface area contributed by atoms with E-state index < -0.39 is 12.0 Å². The fourth-order valence-corrected chi connectivity index (χ4v) is 5.91. The molecule has 1 aromatic carbocycles. The molecule has 1 fully saturated rings. The standard InChI is InChI=1S/C27H38N4O3S/c1-6-19-13-20(25-18(5)30-15-35-25)9-10-21(19)14-29-26(33)22-8-7-11-31(22)27(34)24(16(2)3)23(32)12-17(4)28/h9-10,12-13,15-16,18,22,24-25,28,32H,6-8,11,14H2,1-5H3,(H,29,33)/b23-12-,28-17?/t18?,22-,24?,25?/m0/s1. The van der Waals surface area contributed by atoms with E-state index in [1.807, 2.05) is 19.4 Å². The first-order valence-corrected chi connectivity index (χ1v) is 13.4. The largest absolute Gasteiger partial charge is 0.511 e. The maximum atomic E-state index is 13.4. The van der Waals surface area contributed by atoms with Crippen LogP contribution < -0.4 is 5.32 Å². The summed E-state index contributed by atoms with van der Waals surface area (Å²) in [7, 11) is 0. The normalized spacial score (nSPS) is 23.1. The molecule has 0 aromatic heterocycles. The number of carbonyl (C=O) groups excluding carboxylic acids is 2. The lowest BCUT2D eigenvalue weighted by molar-refractivity contribution is -0.142. The topological polar surface area (TPSA) is 106 Å².